The zero-order chi connectivity index (χ0) is 18.9. The Morgan fingerprint density at radius 1 is 1.15 bits per heavy atom. The number of fused-ring (bicyclic) bond motifs is 1. The number of carbonyl (C=O) groups excluding carboxylic acids is 1. The Labute approximate surface area is 150 Å². The molecule has 1 aliphatic heterocycles. The lowest BCUT2D eigenvalue weighted by Crippen LogP contribution is -2.25. The summed E-state index contributed by atoms with van der Waals surface area (Å²) in [6, 6.07) is 11.4. The predicted molar refractivity (Wildman–Crippen MR) is 95.3 cm³/mol. The summed E-state index contributed by atoms with van der Waals surface area (Å²) in [7, 11) is -2.41. The molecule has 8 heteroatoms. The van der Waals surface area contributed by atoms with E-state index in [1.165, 1.54) is 35.2 Å². The highest BCUT2D eigenvalue weighted by atomic mass is 32.2. The molecule has 0 radical (unpaired) electrons. The highest BCUT2D eigenvalue weighted by Gasteiger charge is 2.41. The molecule has 2 aromatic rings. The van der Waals surface area contributed by atoms with Gasteiger partial charge < -0.3 is 15.3 Å². The molecular weight excluding hydrogens is 359 g/mol. The molecule has 136 valence electrons. The Hall–Kier alpha value is -2.71. The second-order valence-corrected chi connectivity index (χ2v) is 7.64. The third kappa shape index (κ3) is 3.09. The molecule has 1 heterocycles. The van der Waals surface area contributed by atoms with E-state index in [4.69, 9.17) is 0 Å². The second kappa shape index (κ2) is 6.89. The number of halogens is 1. The van der Waals surface area contributed by atoms with E-state index in [1.807, 2.05) is 0 Å². The van der Waals surface area contributed by atoms with Gasteiger partial charge in [0, 0.05) is 24.8 Å². The van der Waals surface area contributed by atoms with Crippen LogP contribution in [0.1, 0.15) is 5.56 Å². The van der Waals surface area contributed by atoms with Crippen LogP contribution < -0.4 is 5.32 Å². The number of nitrogens with one attached hydrogen (secondary N) is 1. The van der Waals surface area contributed by atoms with Gasteiger partial charge in [-0.05, 0) is 30.3 Å². The molecule has 0 aromatic heterocycles. The van der Waals surface area contributed by atoms with Gasteiger partial charge in [0.25, 0.3) is 5.91 Å². The van der Waals surface area contributed by atoms with E-state index < -0.39 is 21.6 Å². The molecular formula is C18H17FN2O4S. The van der Waals surface area contributed by atoms with Gasteiger partial charge in [0.15, 0.2) is 4.91 Å². The topological polar surface area (TPSA) is 86.7 Å². The number of carbonyl (C=O) groups is 1. The van der Waals surface area contributed by atoms with Gasteiger partial charge >= 0.3 is 0 Å². The number of hydrogen-bond acceptors (Lipinski definition) is 5. The number of aliphatic hydroxyl groups excluding tert-OH is 1. The lowest BCUT2D eigenvalue weighted by Gasteiger charge is -2.21. The highest BCUT2D eigenvalue weighted by Crippen LogP contribution is 2.40. The molecule has 0 saturated carbocycles. The van der Waals surface area contributed by atoms with Gasteiger partial charge in [-0.1, -0.05) is 18.2 Å². The zero-order valence-electron chi connectivity index (χ0n) is 13.9. The molecule has 0 spiro atoms. The monoisotopic (exact) mass is 376 g/mol. The van der Waals surface area contributed by atoms with E-state index in [0.29, 0.717) is 5.56 Å². The number of nitrogens with zero attached hydrogens (tertiary/aromatic N) is 1. The van der Waals surface area contributed by atoms with Crippen LogP contribution in [-0.4, -0.2) is 44.5 Å². The Bertz CT molecular complexity index is 985. The Morgan fingerprint density at radius 2 is 1.81 bits per heavy atom. The Kier molecular flexibility index (Phi) is 4.80. The number of aliphatic hydroxyl groups is 1. The van der Waals surface area contributed by atoms with Crippen LogP contribution in [-0.2, 0) is 14.6 Å². The molecule has 0 aliphatic carbocycles. The smallest absolute Gasteiger partial charge is 0.269 e. The van der Waals surface area contributed by atoms with Gasteiger partial charge in [0.05, 0.1) is 17.2 Å². The van der Waals surface area contributed by atoms with E-state index in [2.05, 4.69) is 5.32 Å². The first-order valence-electron chi connectivity index (χ1n) is 7.84. The minimum Gasteiger partial charge on any atom is -0.395 e. The minimum atomic E-state index is -4.02. The van der Waals surface area contributed by atoms with Crippen LogP contribution in [0.5, 0.6) is 0 Å². The maximum atomic E-state index is 13.0. The average molecular weight is 376 g/mol. The number of sulfone groups is 1. The lowest BCUT2D eigenvalue weighted by atomic mass is 10.1. The van der Waals surface area contributed by atoms with E-state index >= 15 is 0 Å². The van der Waals surface area contributed by atoms with Crippen molar-refractivity contribution in [2.75, 3.05) is 25.5 Å². The van der Waals surface area contributed by atoms with Gasteiger partial charge in [-0.15, -0.1) is 0 Å². The number of hydrogen-bond donors (Lipinski definition) is 2. The fourth-order valence-corrected chi connectivity index (χ4v) is 4.59. The van der Waals surface area contributed by atoms with Crippen LogP contribution in [0.4, 0.5) is 10.1 Å². The summed E-state index contributed by atoms with van der Waals surface area (Å²) >= 11 is 0. The molecule has 6 nitrogen and oxygen atoms in total. The van der Waals surface area contributed by atoms with Crippen LogP contribution in [0.2, 0.25) is 0 Å². The molecule has 1 amide bonds. The molecule has 0 bridgehead atoms. The maximum Gasteiger partial charge on any atom is 0.269 e. The van der Waals surface area contributed by atoms with Crippen molar-refractivity contribution in [1.82, 2.24) is 4.90 Å². The number of amides is 1. The van der Waals surface area contributed by atoms with Gasteiger partial charge in [-0.3, -0.25) is 4.79 Å². The number of rotatable bonds is 5. The summed E-state index contributed by atoms with van der Waals surface area (Å²) in [4.78, 5) is 14.0. The first-order valence-corrected chi connectivity index (χ1v) is 9.32. The van der Waals surface area contributed by atoms with E-state index in [9.17, 15) is 22.7 Å². The van der Waals surface area contributed by atoms with Crippen LogP contribution in [0, 0.1) is 5.82 Å². The van der Waals surface area contributed by atoms with Crippen molar-refractivity contribution >= 4 is 27.1 Å². The molecule has 26 heavy (non-hydrogen) atoms. The second-order valence-electron chi connectivity index (χ2n) is 5.78. The van der Waals surface area contributed by atoms with Crippen LogP contribution in [0.25, 0.3) is 5.70 Å². The van der Waals surface area contributed by atoms with E-state index in [1.54, 1.807) is 25.2 Å². The average Bonchev–Trinajstić information content (AvgIpc) is 2.85. The minimum absolute atomic E-state index is 0.0454. The van der Waals surface area contributed by atoms with Gasteiger partial charge in [-0.2, -0.15) is 0 Å². The van der Waals surface area contributed by atoms with Gasteiger partial charge in [-0.25, -0.2) is 12.8 Å². The largest absolute Gasteiger partial charge is 0.395 e. The first-order chi connectivity index (χ1) is 12.4. The number of anilines is 1. The summed E-state index contributed by atoms with van der Waals surface area (Å²) in [5.74, 6) is -1.28. The third-order valence-corrected chi connectivity index (χ3v) is 5.89. The first kappa shape index (κ1) is 18.1. The molecule has 2 N–H and O–H groups in total. The van der Waals surface area contributed by atoms with Crippen molar-refractivity contribution < 1.29 is 22.7 Å². The number of likely N-dealkylation sites (N-methyl/N-ethyl adjacent to an activating group) is 1. The molecule has 0 fully saturated rings. The van der Waals surface area contributed by atoms with Gasteiger partial charge in [0.2, 0.25) is 9.84 Å². The molecule has 0 atom stereocenters. The molecule has 3 rings (SSSR count). The fraction of sp³-hybridized carbons (Fsp3) is 0.167. The standard InChI is InChI=1S/C18H17FN2O4S/c1-21(10-11-22)16-14-4-2-3-5-15(14)26(24,25)17(16)18(23)20-13-8-6-12(19)7-9-13/h2-9,22H,10-11H2,1H3,(H,20,23). The predicted octanol–water partition coefficient (Wildman–Crippen LogP) is 1.84. The summed E-state index contributed by atoms with van der Waals surface area (Å²) in [6.07, 6.45) is 0. The van der Waals surface area contributed by atoms with Crippen LogP contribution in [0.15, 0.2) is 58.3 Å². The third-order valence-electron chi connectivity index (χ3n) is 4.04. The number of benzene rings is 2. The van der Waals surface area contributed by atoms with Crippen molar-refractivity contribution in [3.05, 3.63) is 64.8 Å². The van der Waals surface area contributed by atoms with Crippen molar-refractivity contribution in [3.8, 4) is 0 Å². The molecule has 0 saturated heterocycles. The van der Waals surface area contributed by atoms with E-state index in [0.717, 1.165) is 0 Å². The zero-order valence-corrected chi connectivity index (χ0v) is 14.8. The molecule has 0 unspecified atom stereocenters. The SMILES string of the molecule is CN(CCO)C1=C(C(=O)Nc2ccc(F)cc2)S(=O)(=O)c2ccccc21. The Morgan fingerprint density at radius 3 is 2.46 bits per heavy atom. The van der Waals surface area contributed by atoms with Gasteiger partial charge in [0.1, 0.15) is 5.82 Å². The summed E-state index contributed by atoms with van der Waals surface area (Å²) < 4.78 is 38.9. The molecule has 2 aromatic carbocycles. The summed E-state index contributed by atoms with van der Waals surface area (Å²) in [5.41, 5.74) is 0.918. The van der Waals surface area contributed by atoms with Crippen molar-refractivity contribution in [3.63, 3.8) is 0 Å². The summed E-state index contributed by atoms with van der Waals surface area (Å²) in [6.45, 7) is -0.0401. The van der Waals surface area contributed by atoms with Crippen LogP contribution >= 0.6 is 0 Å². The van der Waals surface area contributed by atoms with Crippen molar-refractivity contribution in [2.45, 2.75) is 4.90 Å². The van der Waals surface area contributed by atoms with Crippen LogP contribution in [0.3, 0.4) is 0 Å². The Balaban J connectivity index is 2.09. The van der Waals surface area contributed by atoms with Crippen molar-refractivity contribution in [2.24, 2.45) is 0 Å². The van der Waals surface area contributed by atoms with Crippen molar-refractivity contribution in [1.29, 1.82) is 0 Å². The summed E-state index contributed by atoms with van der Waals surface area (Å²) in [5, 5.41) is 11.7. The quantitative estimate of drug-likeness (QED) is 0.832. The maximum absolute atomic E-state index is 13.0. The fourth-order valence-electron chi connectivity index (χ4n) is 2.85. The normalized spacial score (nSPS) is 14.9. The lowest BCUT2D eigenvalue weighted by molar-refractivity contribution is -0.112. The highest BCUT2D eigenvalue weighted by molar-refractivity contribution is 7.97. The molecule has 1 aliphatic rings. The van der Waals surface area contributed by atoms with E-state index in [-0.39, 0.29) is 34.3 Å².